The summed E-state index contributed by atoms with van der Waals surface area (Å²) in [6, 6.07) is 0. The Balaban J connectivity index is 2.06. The molecule has 0 saturated carbocycles. The molecule has 1 aromatic heterocycles. The fourth-order valence-electron chi connectivity index (χ4n) is 2.07. The number of thiazole rings is 1. The summed E-state index contributed by atoms with van der Waals surface area (Å²) in [5, 5.41) is 1.16. The topological polar surface area (TPSA) is 51.4 Å². The molecule has 0 amide bonds. The Labute approximate surface area is 107 Å². The van der Waals surface area contributed by atoms with E-state index in [4.69, 9.17) is 10.5 Å². The second-order valence-electron chi connectivity index (χ2n) is 5.13. The Hall–Kier alpha value is -0.490. The van der Waals surface area contributed by atoms with Crippen molar-refractivity contribution in [3.63, 3.8) is 0 Å². The molecule has 96 valence electrons. The zero-order chi connectivity index (χ0) is 12.5. The molecular weight excluding hydrogens is 234 g/mol. The summed E-state index contributed by atoms with van der Waals surface area (Å²) < 4.78 is 5.34. The highest BCUT2D eigenvalue weighted by atomic mass is 32.1. The van der Waals surface area contributed by atoms with Crippen molar-refractivity contribution < 1.29 is 4.74 Å². The first-order valence-electron chi connectivity index (χ1n) is 6.02. The van der Waals surface area contributed by atoms with Gasteiger partial charge in [-0.15, -0.1) is 11.3 Å². The second-order valence-corrected chi connectivity index (χ2v) is 6.22. The summed E-state index contributed by atoms with van der Waals surface area (Å²) in [7, 11) is 0. The minimum absolute atomic E-state index is 0.287. The first-order chi connectivity index (χ1) is 7.97. The fourth-order valence-corrected chi connectivity index (χ4v) is 3.19. The van der Waals surface area contributed by atoms with Crippen LogP contribution in [0.3, 0.4) is 0 Å². The number of morpholine rings is 1. The lowest BCUT2D eigenvalue weighted by Crippen LogP contribution is -2.35. The summed E-state index contributed by atoms with van der Waals surface area (Å²) in [5.74, 6) is 0. The van der Waals surface area contributed by atoms with Gasteiger partial charge in [-0.25, -0.2) is 4.98 Å². The molecule has 0 aromatic carbocycles. The van der Waals surface area contributed by atoms with Crippen molar-refractivity contribution in [3.05, 3.63) is 15.6 Å². The Morgan fingerprint density at radius 3 is 2.59 bits per heavy atom. The van der Waals surface area contributed by atoms with Crippen molar-refractivity contribution in [1.82, 2.24) is 9.88 Å². The number of nitrogens with zero attached hydrogens (tertiary/aromatic N) is 2. The van der Waals surface area contributed by atoms with E-state index in [0.717, 1.165) is 43.5 Å². The molecule has 1 fully saturated rings. The van der Waals surface area contributed by atoms with Gasteiger partial charge in [-0.05, 0) is 20.8 Å². The number of hydrogen-bond donors (Lipinski definition) is 1. The highest BCUT2D eigenvalue weighted by Crippen LogP contribution is 2.28. The van der Waals surface area contributed by atoms with Crippen molar-refractivity contribution in [2.75, 3.05) is 26.3 Å². The maximum absolute atomic E-state index is 6.14. The molecule has 2 rings (SSSR count). The Kier molecular flexibility index (Phi) is 3.82. The van der Waals surface area contributed by atoms with Gasteiger partial charge in [0.1, 0.15) is 5.01 Å². The van der Waals surface area contributed by atoms with Crippen molar-refractivity contribution in [3.8, 4) is 0 Å². The van der Waals surface area contributed by atoms with Gasteiger partial charge in [0.25, 0.3) is 0 Å². The SMILES string of the molecule is Cc1nc(CN2CCOCC2)sc1C(C)(C)N. The Bertz CT molecular complexity index is 378. The van der Waals surface area contributed by atoms with Gasteiger partial charge in [0, 0.05) is 23.5 Å². The van der Waals surface area contributed by atoms with Crippen molar-refractivity contribution in [1.29, 1.82) is 0 Å². The van der Waals surface area contributed by atoms with Crippen LogP contribution in [0.25, 0.3) is 0 Å². The van der Waals surface area contributed by atoms with Crippen LogP contribution in [-0.4, -0.2) is 36.2 Å². The molecule has 1 aliphatic rings. The van der Waals surface area contributed by atoms with Gasteiger partial charge in [-0.2, -0.15) is 0 Å². The van der Waals surface area contributed by atoms with Gasteiger partial charge in [0.05, 0.1) is 25.5 Å². The van der Waals surface area contributed by atoms with Gasteiger partial charge in [-0.3, -0.25) is 4.90 Å². The molecule has 1 aliphatic heterocycles. The summed E-state index contributed by atoms with van der Waals surface area (Å²) in [5.41, 5.74) is 6.93. The summed E-state index contributed by atoms with van der Waals surface area (Å²) >= 11 is 1.74. The number of ether oxygens (including phenoxy) is 1. The van der Waals surface area contributed by atoms with E-state index in [1.807, 2.05) is 20.8 Å². The van der Waals surface area contributed by atoms with Gasteiger partial charge in [-0.1, -0.05) is 0 Å². The summed E-state index contributed by atoms with van der Waals surface area (Å²) in [6.07, 6.45) is 0. The molecule has 1 saturated heterocycles. The van der Waals surface area contributed by atoms with Crippen LogP contribution in [0.1, 0.15) is 29.4 Å². The Morgan fingerprint density at radius 2 is 2.06 bits per heavy atom. The minimum Gasteiger partial charge on any atom is -0.379 e. The molecule has 0 bridgehead atoms. The number of hydrogen-bond acceptors (Lipinski definition) is 5. The standard InChI is InChI=1S/C12H21N3OS/c1-9-11(12(2,3)13)17-10(14-9)8-15-4-6-16-7-5-15/h4-8,13H2,1-3H3. The minimum atomic E-state index is -0.287. The van der Waals surface area contributed by atoms with Crippen LogP contribution < -0.4 is 5.73 Å². The van der Waals surface area contributed by atoms with E-state index in [2.05, 4.69) is 9.88 Å². The number of aryl methyl sites for hydroxylation is 1. The molecule has 0 spiro atoms. The predicted octanol–water partition coefficient (Wildman–Crippen LogP) is 1.48. The molecule has 0 unspecified atom stereocenters. The van der Waals surface area contributed by atoms with Crippen LogP contribution in [0, 0.1) is 6.92 Å². The van der Waals surface area contributed by atoms with E-state index < -0.39 is 0 Å². The van der Waals surface area contributed by atoms with E-state index in [-0.39, 0.29) is 5.54 Å². The van der Waals surface area contributed by atoms with E-state index in [1.165, 1.54) is 4.88 Å². The molecule has 1 aromatic rings. The van der Waals surface area contributed by atoms with Gasteiger partial charge < -0.3 is 10.5 Å². The molecule has 4 nitrogen and oxygen atoms in total. The maximum Gasteiger partial charge on any atom is 0.107 e. The Morgan fingerprint density at radius 1 is 1.41 bits per heavy atom. The monoisotopic (exact) mass is 255 g/mol. The van der Waals surface area contributed by atoms with Crippen LogP contribution in [0.2, 0.25) is 0 Å². The second kappa shape index (κ2) is 5.02. The van der Waals surface area contributed by atoms with Gasteiger partial charge >= 0.3 is 0 Å². The summed E-state index contributed by atoms with van der Waals surface area (Å²) in [6.45, 7) is 10.7. The van der Waals surface area contributed by atoms with Crippen LogP contribution in [0.15, 0.2) is 0 Å². The molecule has 0 radical (unpaired) electrons. The first-order valence-corrected chi connectivity index (χ1v) is 6.84. The normalized spacial score (nSPS) is 18.6. The average molecular weight is 255 g/mol. The lowest BCUT2D eigenvalue weighted by Gasteiger charge is -2.25. The molecule has 5 heteroatoms. The van der Waals surface area contributed by atoms with Crippen LogP contribution in [0.5, 0.6) is 0 Å². The average Bonchev–Trinajstić information content (AvgIpc) is 2.60. The largest absolute Gasteiger partial charge is 0.379 e. The fraction of sp³-hybridized carbons (Fsp3) is 0.750. The first kappa shape index (κ1) is 13.0. The van der Waals surface area contributed by atoms with E-state index >= 15 is 0 Å². The molecule has 2 heterocycles. The zero-order valence-corrected chi connectivity index (χ0v) is 11.6. The predicted molar refractivity (Wildman–Crippen MR) is 70.2 cm³/mol. The van der Waals surface area contributed by atoms with Gasteiger partial charge in [0.2, 0.25) is 0 Å². The third-order valence-electron chi connectivity index (χ3n) is 2.89. The van der Waals surface area contributed by atoms with E-state index in [1.54, 1.807) is 11.3 Å². The number of nitrogens with two attached hydrogens (primary N) is 1. The number of aromatic nitrogens is 1. The number of rotatable bonds is 3. The lowest BCUT2D eigenvalue weighted by molar-refractivity contribution is 0.0341. The van der Waals surface area contributed by atoms with Gasteiger partial charge in [0.15, 0.2) is 0 Å². The molecule has 0 atom stereocenters. The lowest BCUT2D eigenvalue weighted by atomic mass is 10.0. The highest BCUT2D eigenvalue weighted by Gasteiger charge is 2.22. The quantitative estimate of drug-likeness (QED) is 0.889. The van der Waals surface area contributed by atoms with E-state index in [9.17, 15) is 0 Å². The maximum atomic E-state index is 6.14. The van der Waals surface area contributed by atoms with Crippen LogP contribution in [0.4, 0.5) is 0 Å². The molecular formula is C12H21N3OS. The highest BCUT2D eigenvalue weighted by molar-refractivity contribution is 7.11. The third-order valence-corrected chi connectivity index (χ3v) is 4.37. The summed E-state index contributed by atoms with van der Waals surface area (Å²) in [4.78, 5) is 8.21. The zero-order valence-electron chi connectivity index (χ0n) is 10.8. The van der Waals surface area contributed by atoms with E-state index in [0.29, 0.717) is 0 Å². The van der Waals surface area contributed by atoms with Crippen LogP contribution >= 0.6 is 11.3 Å². The van der Waals surface area contributed by atoms with Crippen molar-refractivity contribution in [2.24, 2.45) is 5.73 Å². The molecule has 17 heavy (non-hydrogen) atoms. The molecule has 0 aliphatic carbocycles. The van der Waals surface area contributed by atoms with Crippen LogP contribution in [-0.2, 0) is 16.8 Å². The third kappa shape index (κ3) is 3.25. The van der Waals surface area contributed by atoms with Crippen molar-refractivity contribution >= 4 is 11.3 Å². The molecule has 2 N–H and O–H groups in total. The smallest absolute Gasteiger partial charge is 0.107 e. The van der Waals surface area contributed by atoms with Crippen molar-refractivity contribution in [2.45, 2.75) is 32.9 Å².